The fraction of sp³-hybridized carbons (Fsp3) is 0.871. The molecule has 7 aliphatic rings. The molecule has 13 atom stereocenters. The number of fused-ring (bicyclic) bond motifs is 7. The van der Waals surface area contributed by atoms with Gasteiger partial charge in [0.25, 0.3) is 5.79 Å². The van der Waals surface area contributed by atoms with Crippen molar-refractivity contribution in [3.8, 4) is 0 Å². The fourth-order valence-electron chi connectivity index (χ4n) is 10.6. The molecule has 9 heteroatoms. The predicted octanol–water partition coefficient (Wildman–Crippen LogP) is 3.39. The van der Waals surface area contributed by atoms with Crippen molar-refractivity contribution >= 4 is 11.9 Å². The number of carbonyl (C=O) groups is 2. The molecule has 2 N–H and O–H groups in total. The Hall–Kier alpha value is -1.52. The Labute approximate surface area is 235 Å². The monoisotopic (exact) mass is 560 g/mol. The predicted molar refractivity (Wildman–Crippen MR) is 140 cm³/mol. The highest BCUT2D eigenvalue weighted by molar-refractivity contribution is 5.85. The summed E-state index contributed by atoms with van der Waals surface area (Å²) in [5.41, 5.74) is -0.116. The van der Waals surface area contributed by atoms with Gasteiger partial charge >= 0.3 is 11.9 Å². The molecule has 6 fully saturated rings. The van der Waals surface area contributed by atoms with Gasteiger partial charge in [-0.1, -0.05) is 13.8 Å². The summed E-state index contributed by atoms with van der Waals surface area (Å²) >= 11 is 0. The van der Waals surface area contributed by atoms with Gasteiger partial charge in [0, 0.05) is 24.8 Å². The van der Waals surface area contributed by atoms with Crippen molar-refractivity contribution in [2.75, 3.05) is 6.61 Å². The third-order valence-electron chi connectivity index (χ3n) is 12.6. The minimum absolute atomic E-state index is 0.0861. The van der Waals surface area contributed by atoms with Crippen LogP contribution in [0.3, 0.4) is 0 Å². The molecule has 0 radical (unpaired) electrons. The molecule has 4 aliphatic carbocycles. The molecular weight excluding hydrogens is 516 g/mol. The number of hydrogen-bond donors (Lipinski definition) is 2. The van der Waals surface area contributed by atoms with Gasteiger partial charge in [-0.25, -0.2) is 4.79 Å². The fourth-order valence-corrected chi connectivity index (χ4v) is 10.6. The summed E-state index contributed by atoms with van der Waals surface area (Å²) in [4.78, 5) is 23.7. The molecule has 0 spiro atoms. The Bertz CT molecular complexity index is 1120. The van der Waals surface area contributed by atoms with Crippen molar-refractivity contribution < 1.29 is 43.5 Å². The third-order valence-corrected chi connectivity index (χ3v) is 12.6. The molecule has 0 unspecified atom stereocenters. The smallest absolute Gasteiger partial charge is 0.331 e. The summed E-state index contributed by atoms with van der Waals surface area (Å²) in [6, 6.07) is 0. The normalized spacial score (nSPS) is 55.1. The van der Waals surface area contributed by atoms with Gasteiger partial charge in [-0.15, -0.1) is 0 Å². The lowest BCUT2D eigenvalue weighted by atomic mass is 9.43. The average Bonchev–Trinajstić information content (AvgIpc) is 3.42. The largest absolute Gasteiger partial charge is 0.458 e. The van der Waals surface area contributed by atoms with E-state index in [-0.39, 0.29) is 46.9 Å². The SMILES string of the molecule is CC(=O)O[C@H]1C[C@@H](C)O[C@H]2O[C@@H]3C[C@@H]4CC[C@@H]5[C@H](CC[C@]6(C)[C@@H](C7=CC(=O)OC7)CC[C@]56O)[C@@]4(C)C[C@H]3O[C@]21O. The Morgan fingerprint density at radius 1 is 1.02 bits per heavy atom. The number of esters is 2. The van der Waals surface area contributed by atoms with Crippen molar-refractivity contribution in [1.29, 1.82) is 0 Å². The molecule has 4 saturated carbocycles. The Morgan fingerprint density at radius 3 is 2.55 bits per heavy atom. The van der Waals surface area contributed by atoms with Gasteiger partial charge < -0.3 is 33.9 Å². The van der Waals surface area contributed by atoms with Gasteiger partial charge in [0.2, 0.25) is 6.29 Å². The molecule has 0 bridgehead atoms. The number of ether oxygens (including phenoxy) is 5. The van der Waals surface area contributed by atoms with E-state index in [9.17, 15) is 19.8 Å². The van der Waals surface area contributed by atoms with Crippen LogP contribution in [0.4, 0.5) is 0 Å². The minimum Gasteiger partial charge on any atom is -0.458 e. The Morgan fingerprint density at radius 2 is 1.82 bits per heavy atom. The van der Waals surface area contributed by atoms with Gasteiger partial charge in [-0.05, 0) is 93.0 Å². The van der Waals surface area contributed by atoms with Gasteiger partial charge in [0.15, 0.2) is 6.10 Å². The highest BCUT2D eigenvalue weighted by Gasteiger charge is 2.69. The first-order valence-corrected chi connectivity index (χ1v) is 15.4. The number of aliphatic hydroxyl groups is 2. The van der Waals surface area contributed by atoms with E-state index in [0.29, 0.717) is 31.3 Å². The maximum Gasteiger partial charge on any atom is 0.331 e. The molecule has 3 aliphatic heterocycles. The average molecular weight is 561 g/mol. The summed E-state index contributed by atoms with van der Waals surface area (Å²) in [6.07, 6.45) is 6.38. The minimum atomic E-state index is -1.85. The van der Waals surface area contributed by atoms with Crippen LogP contribution in [-0.2, 0) is 33.3 Å². The molecule has 0 aromatic rings. The molecule has 2 saturated heterocycles. The Kier molecular flexibility index (Phi) is 6.14. The Balaban J connectivity index is 1.15. The molecule has 222 valence electrons. The van der Waals surface area contributed by atoms with Crippen molar-refractivity contribution in [3.63, 3.8) is 0 Å². The lowest BCUT2D eigenvalue weighted by molar-refractivity contribution is -0.458. The quantitative estimate of drug-likeness (QED) is 0.387. The van der Waals surface area contributed by atoms with Gasteiger partial charge in [-0.3, -0.25) is 4.79 Å². The molecular formula is C31H44O9. The summed E-state index contributed by atoms with van der Waals surface area (Å²) in [6.45, 7) is 8.17. The third kappa shape index (κ3) is 3.70. The van der Waals surface area contributed by atoms with Crippen LogP contribution >= 0.6 is 0 Å². The number of carbonyl (C=O) groups excluding carboxylic acids is 2. The van der Waals surface area contributed by atoms with Crippen LogP contribution in [-0.4, -0.2) is 70.9 Å². The second-order valence-electron chi connectivity index (χ2n) is 14.4. The highest BCUT2D eigenvalue weighted by Crippen LogP contribution is 2.70. The molecule has 3 heterocycles. The summed E-state index contributed by atoms with van der Waals surface area (Å²) in [5, 5.41) is 24.2. The van der Waals surface area contributed by atoms with Gasteiger partial charge in [-0.2, -0.15) is 0 Å². The van der Waals surface area contributed by atoms with E-state index in [1.165, 1.54) is 6.92 Å². The zero-order valence-corrected chi connectivity index (χ0v) is 24.1. The van der Waals surface area contributed by atoms with Crippen molar-refractivity contribution in [2.45, 2.75) is 128 Å². The first-order chi connectivity index (χ1) is 18.9. The first kappa shape index (κ1) is 27.3. The van der Waals surface area contributed by atoms with Crippen LogP contribution < -0.4 is 0 Å². The van der Waals surface area contributed by atoms with Crippen LogP contribution in [0.15, 0.2) is 11.6 Å². The van der Waals surface area contributed by atoms with Crippen LogP contribution in [0.5, 0.6) is 0 Å². The van der Waals surface area contributed by atoms with E-state index in [4.69, 9.17) is 23.7 Å². The van der Waals surface area contributed by atoms with Crippen molar-refractivity contribution in [1.82, 2.24) is 0 Å². The molecule has 40 heavy (non-hydrogen) atoms. The lowest BCUT2D eigenvalue weighted by Gasteiger charge is -2.65. The maximum absolute atomic E-state index is 12.5. The summed E-state index contributed by atoms with van der Waals surface area (Å²) in [5.74, 6) is -1.51. The van der Waals surface area contributed by atoms with E-state index >= 15 is 0 Å². The van der Waals surface area contributed by atoms with Gasteiger partial charge in [0.05, 0.1) is 23.9 Å². The topological polar surface area (TPSA) is 121 Å². The zero-order chi connectivity index (χ0) is 28.2. The standard InChI is InChI=1S/C31H44O9/c1-16-11-25(38-17(2)32)31(35)27(37-16)39-23-13-19-5-6-22-21(28(19,3)14-24(23)40-31)7-9-29(4)20(8-10-30(22,29)34)18-12-26(33)36-15-18/h12,16,19-25,27,34-35H,5-11,13-15H2,1-4H3/t16-,19+,20-,21+,22-,23-,24-,25+,27+,28+,29-,30+,31+/m1/s1. The van der Waals surface area contributed by atoms with Crippen LogP contribution in [0.2, 0.25) is 0 Å². The number of hydrogen-bond acceptors (Lipinski definition) is 9. The zero-order valence-electron chi connectivity index (χ0n) is 24.1. The first-order valence-electron chi connectivity index (χ1n) is 15.4. The maximum atomic E-state index is 12.5. The van der Waals surface area contributed by atoms with Crippen molar-refractivity contribution in [2.24, 2.45) is 34.5 Å². The van der Waals surface area contributed by atoms with Crippen LogP contribution in [0.25, 0.3) is 0 Å². The molecule has 0 aromatic carbocycles. The van der Waals surface area contributed by atoms with Crippen LogP contribution in [0, 0.1) is 34.5 Å². The molecule has 0 amide bonds. The van der Waals surface area contributed by atoms with Crippen LogP contribution in [0.1, 0.15) is 85.5 Å². The van der Waals surface area contributed by atoms with E-state index < -0.39 is 29.8 Å². The van der Waals surface area contributed by atoms with E-state index in [1.807, 2.05) is 6.92 Å². The summed E-state index contributed by atoms with van der Waals surface area (Å²) < 4.78 is 29.6. The van der Waals surface area contributed by atoms with E-state index in [2.05, 4.69) is 13.8 Å². The second kappa shape index (κ2) is 8.99. The van der Waals surface area contributed by atoms with E-state index in [0.717, 1.165) is 50.5 Å². The highest BCUT2D eigenvalue weighted by atomic mass is 16.8. The lowest BCUT2D eigenvalue weighted by Crippen LogP contribution is -2.71. The van der Waals surface area contributed by atoms with Crippen molar-refractivity contribution in [3.05, 3.63) is 11.6 Å². The molecule has 9 nitrogen and oxygen atoms in total. The number of cyclic esters (lactones) is 1. The second-order valence-corrected chi connectivity index (χ2v) is 14.4. The number of rotatable bonds is 2. The molecule has 0 aromatic heterocycles. The summed E-state index contributed by atoms with van der Waals surface area (Å²) in [7, 11) is 0. The van der Waals surface area contributed by atoms with E-state index in [1.54, 1.807) is 6.08 Å². The molecule has 7 rings (SSSR count). The van der Waals surface area contributed by atoms with Gasteiger partial charge in [0.1, 0.15) is 6.61 Å².